The van der Waals surface area contributed by atoms with Crippen molar-refractivity contribution in [2.45, 2.75) is 56.8 Å². The zero-order valence-electron chi connectivity index (χ0n) is 12.7. The third-order valence-electron chi connectivity index (χ3n) is 5.58. The van der Waals surface area contributed by atoms with E-state index in [1.807, 2.05) is 6.07 Å². The van der Waals surface area contributed by atoms with E-state index >= 15 is 0 Å². The fourth-order valence-electron chi connectivity index (χ4n) is 4.30. The summed E-state index contributed by atoms with van der Waals surface area (Å²) in [5.41, 5.74) is 6.40. The predicted octanol–water partition coefficient (Wildman–Crippen LogP) is 2.06. The van der Waals surface area contributed by atoms with Crippen molar-refractivity contribution >= 4 is 0 Å². The Hall–Kier alpha value is -0.840. The topological polar surface area (TPSA) is 45.6 Å². The van der Waals surface area contributed by atoms with Crippen molar-refractivity contribution in [3.8, 4) is 0 Å². The Labute approximate surface area is 121 Å². The van der Waals surface area contributed by atoms with Gasteiger partial charge in [-0.3, -0.25) is 4.90 Å². The van der Waals surface area contributed by atoms with Gasteiger partial charge < -0.3 is 15.1 Å². The molecule has 2 atom stereocenters. The molecule has 3 heterocycles. The molecular formula is C16H27N3O. The van der Waals surface area contributed by atoms with Crippen LogP contribution in [0.4, 0.5) is 0 Å². The summed E-state index contributed by atoms with van der Waals surface area (Å²) in [7, 11) is 2.28. The number of fused-ring (bicyclic) bond motifs is 2. The van der Waals surface area contributed by atoms with Gasteiger partial charge in [-0.05, 0) is 51.4 Å². The number of nitrogens with zero attached hydrogens (tertiary/aromatic N) is 2. The van der Waals surface area contributed by atoms with Crippen LogP contribution in [0.2, 0.25) is 0 Å². The molecule has 2 aliphatic heterocycles. The SMILES string of the molecule is CCN(Cc1ccco1)C1(CN)CC2CCC(C1)N2C. The lowest BCUT2D eigenvalue weighted by molar-refractivity contribution is -0.00448. The number of hydrogen-bond acceptors (Lipinski definition) is 4. The van der Waals surface area contributed by atoms with Gasteiger partial charge in [0, 0.05) is 24.2 Å². The molecule has 2 fully saturated rings. The highest BCUT2D eigenvalue weighted by Crippen LogP contribution is 2.42. The number of rotatable bonds is 5. The molecule has 0 aliphatic carbocycles. The van der Waals surface area contributed by atoms with Crippen molar-refractivity contribution in [2.24, 2.45) is 5.73 Å². The second kappa shape index (κ2) is 5.51. The number of likely N-dealkylation sites (N-methyl/N-ethyl adjacent to an activating group) is 1. The Morgan fingerprint density at radius 1 is 1.40 bits per heavy atom. The van der Waals surface area contributed by atoms with Gasteiger partial charge in [-0.1, -0.05) is 6.92 Å². The Kier molecular flexibility index (Phi) is 3.89. The van der Waals surface area contributed by atoms with Crippen molar-refractivity contribution in [1.29, 1.82) is 0 Å². The molecule has 2 bridgehead atoms. The summed E-state index contributed by atoms with van der Waals surface area (Å²) < 4.78 is 5.54. The minimum Gasteiger partial charge on any atom is -0.468 e. The molecule has 20 heavy (non-hydrogen) atoms. The number of piperidine rings is 1. The van der Waals surface area contributed by atoms with Crippen molar-refractivity contribution in [2.75, 3.05) is 20.1 Å². The number of hydrogen-bond donors (Lipinski definition) is 1. The molecule has 1 aromatic rings. The fraction of sp³-hybridized carbons (Fsp3) is 0.750. The first-order chi connectivity index (χ1) is 9.68. The molecule has 2 saturated heterocycles. The van der Waals surface area contributed by atoms with E-state index in [0.717, 1.165) is 25.4 Å². The van der Waals surface area contributed by atoms with Gasteiger partial charge in [0.25, 0.3) is 0 Å². The van der Waals surface area contributed by atoms with E-state index in [0.29, 0.717) is 12.1 Å². The van der Waals surface area contributed by atoms with Crippen LogP contribution in [0, 0.1) is 0 Å². The monoisotopic (exact) mass is 277 g/mol. The fourth-order valence-corrected chi connectivity index (χ4v) is 4.30. The molecule has 4 heteroatoms. The van der Waals surface area contributed by atoms with Gasteiger partial charge in [-0.25, -0.2) is 0 Å². The third-order valence-corrected chi connectivity index (χ3v) is 5.58. The maximum Gasteiger partial charge on any atom is 0.117 e. The van der Waals surface area contributed by atoms with Gasteiger partial charge in [0.15, 0.2) is 0 Å². The zero-order valence-corrected chi connectivity index (χ0v) is 12.7. The van der Waals surface area contributed by atoms with Crippen LogP contribution < -0.4 is 5.73 Å². The van der Waals surface area contributed by atoms with E-state index in [4.69, 9.17) is 10.2 Å². The smallest absolute Gasteiger partial charge is 0.117 e. The van der Waals surface area contributed by atoms with Gasteiger partial charge >= 0.3 is 0 Å². The summed E-state index contributed by atoms with van der Waals surface area (Å²) in [5.74, 6) is 1.05. The average Bonchev–Trinajstić information content (AvgIpc) is 3.03. The molecule has 4 nitrogen and oxygen atoms in total. The van der Waals surface area contributed by atoms with Crippen LogP contribution in [-0.4, -0.2) is 47.6 Å². The van der Waals surface area contributed by atoms with Crippen molar-refractivity contribution < 1.29 is 4.42 Å². The van der Waals surface area contributed by atoms with E-state index in [-0.39, 0.29) is 5.54 Å². The highest BCUT2D eigenvalue weighted by molar-refractivity contribution is 5.08. The molecule has 0 amide bonds. The van der Waals surface area contributed by atoms with Crippen LogP contribution in [0.5, 0.6) is 0 Å². The maximum atomic E-state index is 6.25. The van der Waals surface area contributed by atoms with Crippen LogP contribution >= 0.6 is 0 Å². The second-order valence-corrected chi connectivity index (χ2v) is 6.48. The summed E-state index contributed by atoms with van der Waals surface area (Å²) in [6.07, 6.45) is 6.83. The predicted molar refractivity (Wildman–Crippen MR) is 80.4 cm³/mol. The third kappa shape index (κ3) is 2.30. The highest BCUT2D eigenvalue weighted by Gasteiger charge is 2.48. The van der Waals surface area contributed by atoms with Gasteiger partial charge in [-0.15, -0.1) is 0 Å². The molecule has 0 spiro atoms. The lowest BCUT2D eigenvalue weighted by Gasteiger charge is -2.50. The lowest BCUT2D eigenvalue weighted by atomic mass is 9.81. The first-order valence-electron chi connectivity index (χ1n) is 7.88. The van der Waals surface area contributed by atoms with Crippen LogP contribution in [-0.2, 0) is 6.54 Å². The van der Waals surface area contributed by atoms with E-state index in [2.05, 4.69) is 29.8 Å². The normalized spacial score (nSPS) is 34.0. The first kappa shape index (κ1) is 14.1. The summed E-state index contributed by atoms with van der Waals surface area (Å²) in [5, 5.41) is 0. The average molecular weight is 277 g/mol. The first-order valence-corrected chi connectivity index (χ1v) is 7.88. The minimum absolute atomic E-state index is 0.153. The molecule has 2 aliphatic rings. The summed E-state index contributed by atoms with van der Waals surface area (Å²) in [6.45, 7) is 4.90. The summed E-state index contributed by atoms with van der Waals surface area (Å²) in [6, 6.07) is 5.46. The maximum absolute atomic E-state index is 6.25. The van der Waals surface area contributed by atoms with Crippen LogP contribution in [0.1, 0.15) is 38.4 Å². The minimum atomic E-state index is 0.153. The molecule has 0 radical (unpaired) electrons. The second-order valence-electron chi connectivity index (χ2n) is 6.48. The summed E-state index contributed by atoms with van der Waals surface area (Å²) in [4.78, 5) is 5.12. The molecule has 3 rings (SSSR count). The molecular weight excluding hydrogens is 250 g/mol. The Morgan fingerprint density at radius 3 is 2.60 bits per heavy atom. The highest BCUT2D eigenvalue weighted by atomic mass is 16.3. The van der Waals surface area contributed by atoms with E-state index < -0.39 is 0 Å². The Morgan fingerprint density at radius 2 is 2.10 bits per heavy atom. The molecule has 0 aromatic carbocycles. The standard InChI is InChI=1S/C16H27N3O/c1-3-19(11-15-5-4-8-20-15)16(12-17)9-13-6-7-14(10-16)18(13)2/h4-5,8,13-14H,3,6-7,9-12,17H2,1-2H3. The van der Waals surface area contributed by atoms with Crippen LogP contribution in [0.15, 0.2) is 22.8 Å². The Balaban J connectivity index is 1.80. The summed E-state index contributed by atoms with van der Waals surface area (Å²) >= 11 is 0. The van der Waals surface area contributed by atoms with E-state index in [1.54, 1.807) is 6.26 Å². The van der Waals surface area contributed by atoms with Crippen molar-refractivity contribution in [1.82, 2.24) is 9.80 Å². The molecule has 1 aromatic heterocycles. The van der Waals surface area contributed by atoms with Gasteiger partial charge in [0.1, 0.15) is 5.76 Å². The largest absolute Gasteiger partial charge is 0.468 e. The molecule has 2 N–H and O–H groups in total. The number of furan rings is 1. The molecule has 112 valence electrons. The van der Waals surface area contributed by atoms with Gasteiger partial charge in [0.2, 0.25) is 0 Å². The van der Waals surface area contributed by atoms with Gasteiger partial charge in [0.05, 0.1) is 12.8 Å². The van der Waals surface area contributed by atoms with Crippen molar-refractivity contribution in [3.05, 3.63) is 24.2 Å². The van der Waals surface area contributed by atoms with E-state index in [1.165, 1.54) is 25.7 Å². The molecule has 0 saturated carbocycles. The van der Waals surface area contributed by atoms with E-state index in [9.17, 15) is 0 Å². The zero-order chi connectivity index (χ0) is 14.2. The van der Waals surface area contributed by atoms with Crippen LogP contribution in [0.3, 0.4) is 0 Å². The Bertz CT molecular complexity index is 417. The van der Waals surface area contributed by atoms with Crippen LogP contribution in [0.25, 0.3) is 0 Å². The number of nitrogens with two attached hydrogens (primary N) is 1. The quantitative estimate of drug-likeness (QED) is 0.895. The van der Waals surface area contributed by atoms with Crippen molar-refractivity contribution in [3.63, 3.8) is 0 Å². The molecule has 2 unspecified atom stereocenters. The lowest BCUT2D eigenvalue weighted by Crippen LogP contribution is -2.61. The van der Waals surface area contributed by atoms with Gasteiger partial charge in [-0.2, -0.15) is 0 Å².